The minimum atomic E-state index is -5.10. The van der Waals surface area contributed by atoms with Crippen molar-refractivity contribution >= 4 is 11.9 Å². The summed E-state index contributed by atoms with van der Waals surface area (Å²) in [7, 11) is 0. The summed E-state index contributed by atoms with van der Waals surface area (Å²) >= 11 is 0. The van der Waals surface area contributed by atoms with Crippen LogP contribution in [0.5, 0.6) is 0 Å². The number of alkyl halides is 3. The molecule has 0 atom stereocenters. The van der Waals surface area contributed by atoms with E-state index >= 15 is 0 Å². The fourth-order valence-corrected chi connectivity index (χ4v) is 0.983. The maximum Gasteiger partial charge on any atom is 0.575 e. The number of carbonyl (C=O) groups excluding carboxylic acids is 2. The van der Waals surface area contributed by atoms with Gasteiger partial charge in [0, 0.05) is 18.8 Å². The first kappa shape index (κ1) is 12.1. The van der Waals surface area contributed by atoms with Crippen LogP contribution in [0.25, 0.3) is 0 Å². The van der Waals surface area contributed by atoms with Crippen LogP contribution in [0.2, 0.25) is 0 Å². The van der Waals surface area contributed by atoms with Crippen molar-refractivity contribution in [2.24, 2.45) is 0 Å². The molecule has 88 valence electrons. The highest BCUT2D eigenvalue weighted by Gasteiger charge is 2.35. The molecule has 0 saturated carbocycles. The zero-order valence-corrected chi connectivity index (χ0v) is 7.63. The number of rotatable bonds is 2. The SMILES string of the molecule is O=C([O-])C1=CNC=C(C(=O)OC(F)(F)F)C1. The maximum atomic E-state index is 11.7. The van der Waals surface area contributed by atoms with Gasteiger partial charge in [0.1, 0.15) is 0 Å². The second-order valence-electron chi connectivity index (χ2n) is 2.81. The van der Waals surface area contributed by atoms with Gasteiger partial charge in [-0.3, -0.25) is 0 Å². The normalized spacial score (nSPS) is 15.7. The van der Waals surface area contributed by atoms with Crippen LogP contribution in [0.15, 0.2) is 23.5 Å². The fraction of sp³-hybridized carbons (Fsp3) is 0.250. The van der Waals surface area contributed by atoms with Gasteiger partial charge in [-0.05, 0) is 5.57 Å². The van der Waals surface area contributed by atoms with Gasteiger partial charge in [-0.15, -0.1) is 13.2 Å². The Morgan fingerprint density at radius 1 is 1.31 bits per heavy atom. The van der Waals surface area contributed by atoms with E-state index in [1.807, 2.05) is 0 Å². The van der Waals surface area contributed by atoms with Gasteiger partial charge >= 0.3 is 12.3 Å². The lowest BCUT2D eigenvalue weighted by atomic mass is 10.1. The number of esters is 1. The third-order valence-electron chi connectivity index (χ3n) is 1.63. The Kier molecular flexibility index (Phi) is 3.21. The molecule has 1 N–H and O–H groups in total. The van der Waals surface area contributed by atoms with E-state index in [1.165, 1.54) is 0 Å². The Labute approximate surface area is 87.2 Å². The molecule has 8 heteroatoms. The lowest BCUT2D eigenvalue weighted by molar-refractivity contribution is -0.303. The van der Waals surface area contributed by atoms with Gasteiger partial charge in [0.2, 0.25) is 0 Å². The van der Waals surface area contributed by atoms with E-state index in [4.69, 9.17) is 0 Å². The van der Waals surface area contributed by atoms with Gasteiger partial charge in [-0.2, -0.15) is 0 Å². The predicted octanol–water partition coefficient (Wildman–Crippen LogP) is -0.440. The molecule has 0 aromatic rings. The van der Waals surface area contributed by atoms with Crippen molar-refractivity contribution < 1.29 is 32.6 Å². The van der Waals surface area contributed by atoms with Crippen molar-refractivity contribution in [2.75, 3.05) is 0 Å². The number of halogens is 3. The molecule has 0 bridgehead atoms. The van der Waals surface area contributed by atoms with Crippen molar-refractivity contribution in [1.82, 2.24) is 5.32 Å². The number of dihydropyridines is 1. The summed E-state index contributed by atoms with van der Waals surface area (Å²) in [4.78, 5) is 21.3. The number of carboxylic acids is 1. The van der Waals surface area contributed by atoms with E-state index in [0.717, 1.165) is 12.4 Å². The van der Waals surface area contributed by atoms with Gasteiger partial charge in [0.05, 0.1) is 11.5 Å². The van der Waals surface area contributed by atoms with Crippen molar-refractivity contribution in [3.8, 4) is 0 Å². The van der Waals surface area contributed by atoms with Gasteiger partial charge in [-0.25, -0.2) is 4.79 Å². The first-order chi connectivity index (χ1) is 7.29. The molecule has 0 unspecified atom stereocenters. The standard InChI is InChI=1S/C8H6F3NO4/c9-8(10,11)16-7(15)5-1-4(6(13)14)2-12-3-5/h2-3,12H,1H2,(H,13,14)/p-1. The lowest BCUT2D eigenvalue weighted by Gasteiger charge is -2.16. The molecular weight excluding hydrogens is 231 g/mol. The van der Waals surface area contributed by atoms with Crippen molar-refractivity contribution in [2.45, 2.75) is 12.8 Å². The Balaban J connectivity index is 2.67. The summed E-state index contributed by atoms with van der Waals surface area (Å²) in [6.45, 7) is 0. The van der Waals surface area contributed by atoms with E-state index in [1.54, 1.807) is 0 Å². The first-order valence-corrected chi connectivity index (χ1v) is 3.95. The summed E-state index contributed by atoms with van der Waals surface area (Å²) < 4.78 is 38.2. The average molecular weight is 236 g/mol. The van der Waals surface area contributed by atoms with Crippen LogP contribution in [0.3, 0.4) is 0 Å². The van der Waals surface area contributed by atoms with E-state index in [0.29, 0.717) is 0 Å². The molecule has 0 radical (unpaired) electrons. The molecule has 0 fully saturated rings. The largest absolute Gasteiger partial charge is 0.575 e. The van der Waals surface area contributed by atoms with Gasteiger partial charge in [0.25, 0.3) is 0 Å². The molecule has 0 amide bonds. The molecule has 0 aromatic carbocycles. The summed E-state index contributed by atoms with van der Waals surface area (Å²) in [5.41, 5.74) is -0.782. The number of nitrogens with one attached hydrogen (secondary N) is 1. The molecule has 1 aliphatic heterocycles. The van der Waals surface area contributed by atoms with Crippen LogP contribution in [0.4, 0.5) is 13.2 Å². The van der Waals surface area contributed by atoms with Crippen molar-refractivity contribution in [3.63, 3.8) is 0 Å². The number of carbonyl (C=O) groups is 2. The Morgan fingerprint density at radius 2 is 1.88 bits per heavy atom. The van der Waals surface area contributed by atoms with Crippen LogP contribution in [0, 0.1) is 0 Å². The zero-order valence-electron chi connectivity index (χ0n) is 7.63. The van der Waals surface area contributed by atoms with E-state index in [9.17, 15) is 27.9 Å². The van der Waals surface area contributed by atoms with Crippen LogP contribution >= 0.6 is 0 Å². The number of hydrogen-bond donors (Lipinski definition) is 1. The first-order valence-electron chi connectivity index (χ1n) is 3.95. The molecule has 0 spiro atoms. The highest BCUT2D eigenvalue weighted by atomic mass is 19.4. The van der Waals surface area contributed by atoms with Crippen LogP contribution < -0.4 is 10.4 Å². The number of carboxylic acid groups (broad SMARTS) is 1. The van der Waals surface area contributed by atoms with E-state index in [2.05, 4.69) is 10.1 Å². The topological polar surface area (TPSA) is 78.5 Å². The summed E-state index contributed by atoms with van der Waals surface area (Å²) in [6.07, 6.45) is -3.63. The van der Waals surface area contributed by atoms with Crippen LogP contribution in [-0.2, 0) is 14.3 Å². The smallest absolute Gasteiger partial charge is 0.545 e. The molecule has 5 nitrogen and oxygen atoms in total. The monoisotopic (exact) mass is 236 g/mol. The second-order valence-corrected chi connectivity index (χ2v) is 2.81. The highest BCUT2D eigenvalue weighted by molar-refractivity contribution is 5.93. The molecule has 16 heavy (non-hydrogen) atoms. The van der Waals surface area contributed by atoms with Gasteiger partial charge in [-0.1, -0.05) is 0 Å². The molecule has 1 heterocycles. The van der Waals surface area contributed by atoms with Crippen LogP contribution in [0.1, 0.15) is 6.42 Å². The summed E-state index contributed by atoms with van der Waals surface area (Å²) in [5, 5.41) is 12.6. The Hall–Kier alpha value is -1.99. The summed E-state index contributed by atoms with van der Waals surface area (Å²) in [5.74, 6) is -3.22. The third kappa shape index (κ3) is 3.30. The number of aliphatic carboxylic acids is 1. The van der Waals surface area contributed by atoms with Gasteiger partial charge < -0.3 is 20.0 Å². The third-order valence-corrected chi connectivity index (χ3v) is 1.63. The molecular formula is C8H5F3NO4-. The second kappa shape index (κ2) is 4.25. The fourth-order valence-electron chi connectivity index (χ4n) is 0.983. The van der Waals surface area contributed by atoms with Crippen molar-refractivity contribution in [3.05, 3.63) is 23.5 Å². The minimum Gasteiger partial charge on any atom is -0.545 e. The summed E-state index contributed by atoms with van der Waals surface area (Å²) in [6, 6.07) is 0. The van der Waals surface area contributed by atoms with E-state index < -0.39 is 30.3 Å². The lowest BCUT2D eigenvalue weighted by Crippen LogP contribution is -2.29. The number of hydrogen-bond acceptors (Lipinski definition) is 5. The molecule has 0 aliphatic carbocycles. The molecule has 0 saturated heterocycles. The van der Waals surface area contributed by atoms with Gasteiger partial charge in [0.15, 0.2) is 0 Å². The molecule has 1 aliphatic rings. The predicted molar refractivity (Wildman–Crippen MR) is 41.1 cm³/mol. The Bertz CT molecular complexity index is 383. The maximum absolute atomic E-state index is 11.7. The Morgan fingerprint density at radius 3 is 2.38 bits per heavy atom. The molecule has 1 rings (SSSR count). The number of ether oxygens (including phenoxy) is 1. The van der Waals surface area contributed by atoms with Crippen LogP contribution in [-0.4, -0.2) is 18.3 Å². The molecule has 0 aromatic heterocycles. The zero-order chi connectivity index (χ0) is 12.3. The average Bonchev–Trinajstić information content (AvgIpc) is 2.15. The minimum absolute atomic E-state index is 0.336. The quantitative estimate of drug-likeness (QED) is 0.657. The van der Waals surface area contributed by atoms with E-state index in [-0.39, 0.29) is 5.57 Å². The van der Waals surface area contributed by atoms with Crippen molar-refractivity contribution in [1.29, 1.82) is 0 Å². The highest BCUT2D eigenvalue weighted by Crippen LogP contribution is 2.21.